The van der Waals surface area contributed by atoms with Crippen molar-refractivity contribution >= 4 is 11.8 Å². The van der Waals surface area contributed by atoms with E-state index in [0.29, 0.717) is 0 Å². The van der Waals surface area contributed by atoms with Gasteiger partial charge in [-0.05, 0) is 49.9 Å². The van der Waals surface area contributed by atoms with Gasteiger partial charge >= 0.3 is 0 Å². The predicted octanol–water partition coefficient (Wildman–Crippen LogP) is 4.85. The molecule has 110 valence electrons. The van der Waals surface area contributed by atoms with E-state index in [0.717, 1.165) is 18.3 Å². The summed E-state index contributed by atoms with van der Waals surface area (Å²) in [6.07, 6.45) is 2.70. The molecule has 1 N–H and O–H groups in total. The SMILES string of the molecule is Cc1cc(C)cc(CSc2ccc(CNC3CC3)cc2)c1. The van der Waals surface area contributed by atoms with E-state index in [4.69, 9.17) is 0 Å². The van der Waals surface area contributed by atoms with Gasteiger partial charge in [-0.2, -0.15) is 0 Å². The molecule has 2 heteroatoms. The second-order valence-electron chi connectivity index (χ2n) is 6.08. The highest BCUT2D eigenvalue weighted by Crippen LogP contribution is 2.24. The van der Waals surface area contributed by atoms with Crippen LogP contribution in [0.4, 0.5) is 0 Å². The first-order chi connectivity index (χ1) is 10.2. The zero-order chi connectivity index (χ0) is 14.7. The molecule has 0 heterocycles. The second kappa shape index (κ2) is 6.67. The van der Waals surface area contributed by atoms with Crippen molar-refractivity contribution in [2.24, 2.45) is 0 Å². The first-order valence-corrected chi connectivity index (χ1v) is 8.70. The molecule has 0 atom stereocenters. The Morgan fingerprint density at radius 3 is 2.24 bits per heavy atom. The summed E-state index contributed by atoms with van der Waals surface area (Å²) in [4.78, 5) is 1.35. The summed E-state index contributed by atoms with van der Waals surface area (Å²) in [5.74, 6) is 1.04. The van der Waals surface area contributed by atoms with Gasteiger partial charge in [0.1, 0.15) is 0 Å². The Labute approximate surface area is 132 Å². The van der Waals surface area contributed by atoms with E-state index in [1.54, 1.807) is 0 Å². The third kappa shape index (κ3) is 4.62. The van der Waals surface area contributed by atoms with Crippen molar-refractivity contribution in [3.05, 3.63) is 64.7 Å². The van der Waals surface area contributed by atoms with Gasteiger partial charge in [0, 0.05) is 23.2 Å². The van der Waals surface area contributed by atoms with E-state index in [9.17, 15) is 0 Å². The predicted molar refractivity (Wildman–Crippen MR) is 91.8 cm³/mol. The molecule has 1 aliphatic carbocycles. The Kier molecular flexibility index (Phi) is 4.67. The molecule has 2 aromatic carbocycles. The van der Waals surface area contributed by atoms with Gasteiger partial charge in [0.25, 0.3) is 0 Å². The zero-order valence-electron chi connectivity index (χ0n) is 12.9. The minimum absolute atomic E-state index is 0.781. The molecular formula is C19H23NS. The first-order valence-electron chi connectivity index (χ1n) is 7.71. The van der Waals surface area contributed by atoms with Gasteiger partial charge in [-0.25, -0.2) is 0 Å². The number of rotatable bonds is 6. The summed E-state index contributed by atoms with van der Waals surface area (Å²) in [7, 11) is 0. The topological polar surface area (TPSA) is 12.0 Å². The highest BCUT2D eigenvalue weighted by molar-refractivity contribution is 7.98. The van der Waals surface area contributed by atoms with Gasteiger partial charge in [-0.3, -0.25) is 0 Å². The molecule has 0 unspecified atom stereocenters. The number of hydrogen-bond donors (Lipinski definition) is 1. The molecule has 1 saturated carbocycles. The highest BCUT2D eigenvalue weighted by Gasteiger charge is 2.19. The van der Waals surface area contributed by atoms with Gasteiger partial charge < -0.3 is 5.32 Å². The molecule has 0 spiro atoms. The average Bonchev–Trinajstić information content (AvgIpc) is 3.27. The first kappa shape index (κ1) is 14.7. The van der Waals surface area contributed by atoms with Crippen molar-refractivity contribution in [2.75, 3.05) is 0 Å². The van der Waals surface area contributed by atoms with Crippen LogP contribution >= 0.6 is 11.8 Å². The van der Waals surface area contributed by atoms with Crippen molar-refractivity contribution in [3.63, 3.8) is 0 Å². The Morgan fingerprint density at radius 2 is 1.62 bits per heavy atom. The molecule has 2 aromatic rings. The third-order valence-corrected chi connectivity index (χ3v) is 4.87. The molecule has 21 heavy (non-hydrogen) atoms. The molecule has 0 aromatic heterocycles. The lowest BCUT2D eigenvalue weighted by atomic mass is 10.1. The van der Waals surface area contributed by atoms with E-state index in [2.05, 4.69) is 61.6 Å². The smallest absolute Gasteiger partial charge is 0.0232 e. The molecule has 0 radical (unpaired) electrons. The van der Waals surface area contributed by atoms with Crippen molar-refractivity contribution in [1.82, 2.24) is 5.32 Å². The zero-order valence-corrected chi connectivity index (χ0v) is 13.7. The Hall–Kier alpha value is -1.25. The summed E-state index contributed by atoms with van der Waals surface area (Å²) in [5.41, 5.74) is 5.51. The van der Waals surface area contributed by atoms with Crippen LogP contribution in [0, 0.1) is 13.8 Å². The van der Waals surface area contributed by atoms with Gasteiger partial charge in [0.15, 0.2) is 0 Å². The van der Waals surface area contributed by atoms with Crippen molar-refractivity contribution in [3.8, 4) is 0 Å². The van der Waals surface area contributed by atoms with E-state index >= 15 is 0 Å². The van der Waals surface area contributed by atoms with Crippen LogP contribution in [0.1, 0.15) is 35.1 Å². The second-order valence-corrected chi connectivity index (χ2v) is 7.13. The summed E-state index contributed by atoms with van der Waals surface area (Å²) in [5, 5.41) is 3.56. The van der Waals surface area contributed by atoms with E-state index in [1.807, 2.05) is 11.8 Å². The van der Waals surface area contributed by atoms with E-state index in [-0.39, 0.29) is 0 Å². The molecule has 1 aliphatic rings. The summed E-state index contributed by atoms with van der Waals surface area (Å²) in [6.45, 7) is 5.35. The maximum atomic E-state index is 3.56. The summed E-state index contributed by atoms with van der Waals surface area (Å²) < 4.78 is 0. The number of nitrogens with one attached hydrogen (secondary N) is 1. The fraction of sp³-hybridized carbons (Fsp3) is 0.368. The number of aryl methyl sites for hydroxylation is 2. The van der Waals surface area contributed by atoms with Gasteiger partial charge in [0.05, 0.1) is 0 Å². The molecule has 1 nitrogen and oxygen atoms in total. The van der Waals surface area contributed by atoms with Gasteiger partial charge in [0.2, 0.25) is 0 Å². The van der Waals surface area contributed by atoms with Crippen LogP contribution in [0.25, 0.3) is 0 Å². The number of thioether (sulfide) groups is 1. The largest absolute Gasteiger partial charge is 0.310 e. The van der Waals surface area contributed by atoms with E-state index in [1.165, 1.54) is 40.0 Å². The van der Waals surface area contributed by atoms with E-state index < -0.39 is 0 Å². The maximum Gasteiger partial charge on any atom is 0.0232 e. The Morgan fingerprint density at radius 1 is 0.952 bits per heavy atom. The van der Waals surface area contributed by atoms with Crippen molar-refractivity contribution in [2.45, 2.75) is 49.9 Å². The fourth-order valence-corrected chi connectivity index (χ4v) is 3.40. The molecular weight excluding hydrogens is 274 g/mol. The van der Waals surface area contributed by atoms with Crippen LogP contribution in [0.5, 0.6) is 0 Å². The number of benzene rings is 2. The summed E-state index contributed by atoms with van der Waals surface area (Å²) >= 11 is 1.92. The van der Waals surface area contributed by atoms with Crippen LogP contribution in [-0.2, 0) is 12.3 Å². The minimum atomic E-state index is 0.781. The minimum Gasteiger partial charge on any atom is -0.310 e. The van der Waals surface area contributed by atoms with Crippen LogP contribution in [-0.4, -0.2) is 6.04 Å². The Balaban J connectivity index is 1.54. The highest BCUT2D eigenvalue weighted by atomic mass is 32.2. The molecule has 3 rings (SSSR count). The molecule has 1 fully saturated rings. The normalized spacial score (nSPS) is 14.4. The quantitative estimate of drug-likeness (QED) is 0.765. The fourth-order valence-electron chi connectivity index (χ4n) is 2.57. The average molecular weight is 297 g/mol. The standard InChI is InChI=1S/C19H23NS/c1-14-9-15(2)11-17(10-14)13-21-19-7-3-16(4-8-19)12-20-18-5-6-18/h3-4,7-11,18,20H,5-6,12-13H2,1-2H3. The molecule has 0 bridgehead atoms. The molecule has 0 amide bonds. The molecule has 0 aliphatic heterocycles. The van der Waals surface area contributed by atoms with Gasteiger partial charge in [-0.15, -0.1) is 11.8 Å². The summed E-state index contributed by atoms with van der Waals surface area (Å²) in [6, 6.07) is 16.6. The van der Waals surface area contributed by atoms with Crippen molar-refractivity contribution < 1.29 is 0 Å². The maximum absolute atomic E-state index is 3.56. The van der Waals surface area contributed by atoms with Crippen LogP contribution in [0.2, 0.25) is 0 Å². The number of hydrogen-bond acceptors (Lipinski definition) is 2. The van der Waals surface area contributed by atoms with Crippen LogP contribution in [0.3, 0.4) is 0 Å². The lowest BCUT2D eigenvalue weighted by Crippen LogP contribution is -2.14. The third-order valence-electron chi connectivity index (χ3n) is 3.78. The monoisotopic (exact) mass is 297 g/mol. The Bertz CT molecular complexity index is 579. The van der Waals surface area contributed by atoms with Crippen LogP contribution in [0.15, 0.2) is 47.4 Å². The lowest BCUT2D eigenvalue weighted by Gasteiger charge is -2.07. The molecule has 0 saturated heterocycles. The van der Waals surface area contributed by atoms with Gasteiger partial charge in [-0.1, -0.05) is 41.5 Å². The lowest BCUT2D eigenvalue weighted by molar-refractivity contribution is 0.687. The van der Waals surface area contributed by atoms with Crippen LogP contribution < -0.4 is 5.32 Å². The van der Waals surface area contributed by atoms with Crippen molar-refractivity contribution in [1.29, 1.82) is 0 Å².